The highest BCUT2D eigenvalue weighted by atomic mass is 16.5. The second-order valence-corrected chi connectivity index (χ2v) is 4.03. The summed E-state index contributed by atoms with van der Waals surface area (Å²) in [5.41, 5.74) is 8.74. The van der Waals surface area contributed by atoms with Gasteiger partial charge in [-0.1, -0.05) is 0 Å². The van der Waals surface area contributed by atoms with Crippen LogP contribution in [0, 0.1) is 0 Å². The maximum atomic E-state index is 11.2. The summed E-state index contributed by atoms with van der Waals surface area (Å²) in [6.45, 7) is 0.476. The minimum atomic E-state index is -0.149. The van der Waals surface area contributed by atoms with Gasteiger partial charge >= 0.3 is 0 Å². The Balaban J connectivity index is 1.98. The summed E-state index contributed by atoms with van der Waals surface area (Å²) in [5.74, 6) is 0.525. The first-order valence-electron chi connectivity index (χ1n) is 5.57. The van der Waals surface area contributed by atoms with Crippen molar-refractivity contribution in [2.45, 2.75) is 6.54 Å². The fourth-order valence-corrected chi connectivity index (χ4v) is 1.86. The number of hydrogen-bond donors (Lipinski definition) is 3. The average Bonchev–Trinajstić information content (AvgIpc) is 2.86. The van der Waals surface area contributed by atoms with Crippen LogP contribution >= 0.6 is 0 Å². The van der Waals surface area contributed by atoms with Crippen molar-refractivity contribution >= 4 is 11.6 Å². The SMILES string of the molecule is NCc1cc(-c2ccc3c(c2)NC(=O)CO3)n[nH]1. The Morgan fingerprint density at radius 2 is 2.28 bits per heavy atom. The monoisotopic (exact) mass is 244 g/mol. The van der Waals surface area contributed by atoms with E-state index in [9.17, 15) is 4.79 Å². The molecule has 4 N–H and O–H groups in total. The van der Waals surface area contributed by atoms with Crippen LogP contribution < -0.4 is 15.8 Å². The lowest BCUT2D eigenvalue weighted by atomic mass is 10.1. The van der Waals surface area contributed by atoms with Crippen molar-refractivity contribution in [1.29, 1.82) is 0 Å². The van der Waals surface area contributed by atoms with E-state index in [1.165, 1.54) is 0 Å². The van der Waals surface area contributed by atoms with Gasteiger partial charge in [0, 0.05) is 17.8 Å². The van der Waals surface area contributed by atoms with Crippen LogP contribution in [0.3, 0.4) is 0 Å². The van der Waals surface area contributed by atoms with Crippen LogP contribution in [-0.2, 0) is 11.3 Å². The summed E-state index contributed by atoms with van der Waals surface area (Å²) < 4.78 is 5.29. The Hall–Kier alpha value is -2.34. The van der Waals surface area contributed by atoms with E-state index < -0.39 is 0 Å². The zero-order valence-electron chi connectivity index (χ0n) is 9.56. The first kappa shape index (κ1) is 10.8. The number of nitrogens with two attached hydrogens (primary N) is 1. The summed E-state index contributed by atoms with van der Waals surface area (Å²) in [6, 6.07) is 7.43. The molecule has 0 bridgehead atoms. The topological polar surface area (TPSA) is 93.0 Å². The standard InChI is InChI=1S/C12H12N4O2/c13-5-8-4-9(16-15-8)7-1-2-11-10(3-7)14-12(17)6-18-11/h1-4H,5-6,13H2,(H,14,17)(H,15,16). The Kier molecular flexibility index (Phi) is 2.49. The van der Waals surface area contributed by atoms with E-state index in [1.807, 2.05) is 24.3 Å². The molecule has 0 radical (unpaired) electrons. The molecule has 1 aliphatic heterocycles. The van der Waals surface area contributed by atoms with Gasteiger partial charge in [-0.25, -0.2) is 0 Å². The second-order valence-electron chi connectivity index (χ2n) is 4.03. The van der Waals surface area contributed by atoms with Crippen LogP contribution in [0.5, 0.6) is 5.75 Å². The van der Waals surface area contributed by atoms with E-state index in [4.69, 9.17) is 10.5 Å². The molecule has 0 unspecified atom stereocenters. The van der Waals surface area contributed by atoms with Crippen LogP contribution in [0.2, 0.25) is 0 Å². The maximum absolute atomic E-state index is 11.2. The molecular weight excluding hydrogens is 232 g/mol. The molecule has 1 aromatic carbocycles. The molecule has 2 aromatic rings. The van der Waals surface area contributed by atoms with Crippen LogP contribution in [-0.4, -0.2) is 22.7 Å². The molecule has 6 heteroatoms. The number of ether oxygens (including phenoxy) is 1. The van der Waals surface area contributed by atoms with Gasteiger partial charge in [-0.05, 0) is 24.3 Å². The molecule has 0 saturated heterocycles. The zero-order valence-corrected chi connectivity index (χ0v) is 9.56. The summed E-state index contributed by atoms with van der Waals surface area (Å²) in [6.07, 6.45) is 0. The van der Waals surface area contributed by atoms with E-state index >= 15 is 0 Å². The Bertz CT molecular complexity index is 606. The van der Waals surface area contributed by atoms with Crippen molar-refractivity contribution in [1.82, 2.24) is 10.2 Å². The van der Waals surface area contributed by atoms with Crippen LogP contribution in [0.1, 0.15) is 5.69 Å². The van der Waals surface area contributed by atoms with Crippen molar-refractivity contribution < 1.29 is 9.53 Å². The number of aromatic nitrogens is 2. The third-order valence-corrected chi connectivity index (χ3v) is 2.76. The number of hydrogen-bond acceptors (Lipinski definition) is 4. The number of fused-ring (bicyclic) bond motifs is 1. The minimum absolute atomic E-state index is 0.0616. The van der Waals surface area contributed by atoms with Gasteiger partial charge in [0.2, 0.25) is 0 Å². The summed E-state index contributed by atoms with van der Waals surface area (Å²) in [4.78, 5) is 11.2. The Labute approximate surface area is 103 Å². The molecule has 0 fully saturated rings. The molecular formula is C12H12N4O2. The maximum Gasteiger partial charge on any atom is 0.262 e. The van der Waals surface area contributed by atoms with Crippen molar-refractivity contribution in [3.05, 3.63) is 30.0 Å². The van der Waals surface area contributed by atoms with Crippen LogP contribution in [0.25, 0.3) is 11.3 Å². The second kappa shape index (κ2) is 4.15. The number of nitrogens with zero attached hydrogens (tertiary/aromatic N) is 1. The van der Waals surface area contributed by atoms with E-state index in [1.54, 1.807) is 0 Å². The van der Waals surface area contributed by atoms with Gasteiger partial charge in [0.25, 0.3) is 5.91 Å². The molecule has 0 aliphatic carbocycles. The lowest BCUT2D eigenvalue weighted by Gasteiger charge is -2.18. The fraction of sp³-hybridized carbons (Fsp3) is 0.167. The summed E-state index contributed by atoms with van der Waals surface area (Å²) in [5, 5.41) is 9.78. The largest absolute Gasteiger partial charge is 0.482 e. The number of H-pyrrole nitrogens is 1. The van der Waals surface area contributed by atoms with E-state index in [0.717, 1.165) is 17.0 Å². The van der Waals surface area contributed by atoms with Crippen LogP contribution in [0.15, 0.2) is 24.3 Å². The highest BCUT2D eigenvalue weighted by molar-refractivity contribution is 5.96. The highest BCUT2D eigenvalue weighted by Gasteiger charge is 2.16. The van der Waals surface area contributed by atoms with Crippen LogP contribution in [0.4, 0.5) is 5.69 Å². The summed E-state index contributed by atoms with van der Waals surface area (Å²) in [7, 11) is 0. The van der Waals surface area contributed by atoms with Gasteiger partial charge in [0.1, 0.15) is 5.75 Å². The highest BCUT2D eigenvalue weighted by Crippen LogP contribution is 2.32. The minimum Gasteiger partial charge on any atom is -0.482 e. The van der Waals surface area contributed by atoms with E-state index in [2.05, 4.69) is 15.5 Å². The molecule has 1 amide bonds. The molecule has 0 spiro atoms. The number of anilines is 1. The first-order valence-corrected chi connectivity index (χ1v) is 5.57. The molecule has 0 saturated carbocycles. The number of aromatic amines is 1. The molecule has 92 valence electrons. The smallest absolute Gasteiger partial charge is 0.262 e. The Morgan fingerprint density at radius 1 is 1.39 bits per heavy atom. The number of benzene rings is 1. The number of carbonyl (C=O) groups is 1. The first-order chi connectivity index (χ1) is 8.76. The lowest BCUT2D eigenvalue weighted by Crippen LogP contribution is -2.25. The van der Waals surface area contributed by atoms with Gasteiger partial charge in [0.15, 0.2) is 6.61 Å². The quantitative estimate of drug-likeness (QED) is 0.730. The Morgan fingerprint density at radius 3 is 3.06 bits per heavy atom. The lowest BCUT2D eigenvalue weighted by molar-refractivity contribution is -0.118. The van der Waals surface area contributed by atoms with Crippen molar-refractivity contribution in [3.8, 4) is 17.0 Å². The molecule has 2 heterocycles. The van der Waals surface area contributed by atoms with Gasteiger partial charge in [-0.3, -0.25) is 9.89 Å². The molecule has 3 rings (SSSR count). The number of rotatable bonds is 2. The third-order valence-electron chi connectivity index (χ3n) is 2.76. The van der Waals surface area contributed by atoms with Gasteiger partial charge in [0.05, 0.1) is 11.4 Å². The van der Waals surface area contributed by atoms with Crippen molar-refractivity contribution in [3.63, 3.8) is 0 Å². The molecule has 18 heavy (non-hydrogen) atoms. The average molecular weight is 244 g/mol. The predicted molar refractivity (Wildman–Crippen MR) is 66.0 cm³/mol. The fourth-order valence-electron chi connectivity index (χ4n) is 1.86. The number of amides is 1. The molecule has 1 aliphatic rings. The predicted octanol–water partition coefficient (Wildman–Crippen LogP) is 0.866. The normalized spacial score (nSPS) is 13.7. The number of nitrogens with one attached hydrogen (secondary N) is 2. The molecule has 6 nitrogen and oxygen atoms in total. The van der Waals surface area contributed by atoms with Gasteiger partial charge < -0.3 is 15.8 Å². The molecule has 0 atom stereocenters. The summed E-state index contributed by atoms with van der Waals surface area (Å²) >= 11 is 0. The van der Waals surface area contributed by atoms with Crippen molar-refractivity contribution in [2.75, 3.05) is 11.9 Å². The number of carbonyl (C=O) groups excluding carboxylic acids is 1. The van der Waals surface area contributed by atoms with Gasteiger partial charge in [-0.2, -0.15) is 5.10 Å². The van der Waals surface area contributed by atoms with Gasteiger partial charge in [-0.15, -0.1) is 0 Å². The van der Waals surface area contributed by atoms with Crippen molar-refractivity contribution in [2.24, 2.45) is 5.73 Å². The third kappa shape index (κ3) is 1.82. The van der Waals surface area contributed by atoms with E-state index in [0.29, 0.717) is 18.0 Å². The molecule has 1 aromatic heterocycles. The van der Waals surface area contributed by atoms with E-state index in [-0.39, 0.29) is 12.5 Å². The zero-order chi connectivity index (χ0) is 12.5.